The van der Waals surface area contributed by atoms with E-state index in [-0.39, 0.29) is 11.8 Å². The van der Waals surface area contributed by atoms with Crippen LogP contribution in [0.15, 0.2) is 54.6 Å². The van der Waals surface area contributed by atoms with Crippen LogP contribution in [0.2, 0.25) is 0 Å². The van der Waals surface area contributed by atoms with Crippen LogP contribution in [-0.4, -0.2) is 30.6 Å². The molecule has 0 radical (unpaired) electrons. The van der Waals surface area contributed by atoms with Gasteiger partial charge >= 0.3 is 6.03 Å². The SMILES string of the molecule is CC(c1ccccc1)N1CCC(CNC(=O)Nc2ccc(F)cc2)C1. The summed E-state index contributed by atoms with van der Waals surface area (Å²) in [6.07, 6.45) is 1.08. The molecule has 1 heterocycles. The number of hydrogen-bond donors (Lipinski definition) is 2. The Bertz CT molecular complexity index is 690. The van der Waals surface area contributed by atoms with Gasteiger partial charge in [0.05, 0.1) is 0 Å². The van der Waals surface area contributed by atoms with Crippen LogP contribution in [-0.2, 0) is 0 Å². The molecule has 0 saturated carbocycles. The van der Waals surface area contributed by atoms with E-state index in [1.165, 1.54) is 17.7 Å². The van der Waals surface area contributed by atoms with Crippen molar-refractivity contribution in [2.24, 2.45) is 5.92 Å². The molecule has 4 nitrogen and oxygen atoms in total. The van der Waals surface area contributed by atoms with Crippen molar-refractivity contribution in [1.82, 2.24) is 10.2 Å². The molecular formula is C20H24FN3O. The fourth-order valence-electron chi connectivity index (χ4n) is 3.27. The van der Waals surface area contributed by atoms with Crippen LogP contribution in [0.1, 0.15) is 24.9 Å². The lowest BCUT2D eigenvalue weighted by atomic mass is 10.1. The van der Waals surface area contributed by atoms with Crippen molar-refractivity contribution in [1.29, 1.82) is 0 Å². The van der Waals surface area contributed by atoms with Gasteiger partial charge in [0.15, 0.2) is 0 Å². The maximum absolute atomic E-state index is 12.9. The fraction of sp³-hybridized carbons (Fsp3) is 0.350. The van der Waals surface area contributed by atoms with Gasteiger partial charge in [-0.1, -0.05) is 30.3 Å². The van der Waals surface area contributed by atoms with Crippen LogP contribution in [0.4, 0.5) is 14.9 Å². The van der Waals surface area contributed by atoms with Crippen molar-refractivity contribution < 1.29 is 9.18 Å². The summed E-state index contributed by atoms with van der Waals surface area (Å²) in [4.78, 5) is 14.4. The van der Waals surface area contributed by atoms with E-state index in [0.29, 0.717) is 24.2 Å². The summed E-state index contributed by atoms with van der Waals surface area (Å²) < 4.78 is 12.9. The normalized spacial score (nSPS) is 18.7. The Morgan fingerprint density at radius 1 is 1.20 bits per heavy atom. The number of anilines is 1. The van der Waals surface area contributed by atoms with Gasteiger partial charge in [0.2, 0.25) is 0 Å². The van der Waals surface area contributed by atoms with E-state index in [2.05, 4.69) is 46.7 Å². The molecule has 0 aromatic heterocycles. The lowest BCUT2D eigenvalue weighted by molar-refractivity contribution is 0.243. The summed E-state index contributed by atoms with van der Waals surface area (Å²) in [5.74, 6) is 0.134. The molecule has 2 unspecified atom stereocenters. The first-order valence-corrected chi connectivity index (χ1v) is 8.71. The summed E-state index contributed by atoms with van der Waals surface area (Å²) >= 11 is 0. The van der Waals surface area contributed by atoms with Gasteiger partial charge in [-0.15, -0.1) is 0 Å². The molecule has 2 aromatic carbocycles. The first-order chi connectivity index (χ1) is 12.1. The molecular weight excluding hydrogens is 317 g/mol. The number of nitrogens with one attached hydrogen (secondary N) is 2. The predicted molar refractivity (Wildman–Crippen MR) is 98.0 cm³/mol. The van der Waals surface area contributed by atoms with Crippen LogP contribution >= 0.6 is 0 Å². The Morgan fingerprint density at radius 2 is 1.92 bits per heavy atom. The lowest BCUT2D eigenvalue weighted by Crippen LogP contribution is -2.34. The van der Waals surface area contributed by atoms with Crippen LogP contribution < -0.4 is 10.6 Å². The van der Waals surface area contributed by atoms with Gasteiger partial charge in [-0.2, -0.15) is 0 Å². The topological polar surface area (TPSA) is 44.4 Å². The molecule has 1 fully saturated rings. The Morgan fingerprint density at radius 3 is 2.64 bits per heavy atom. The monoisotopic (exact) mass is 341 g/mol. The summed E-state index contributed by atoms with van der Waals surface area (Å²) in [5.41, 5.74) is 1.91. The Kier molecular flexibility index (Phi) is 5.66. The molecule has 2 N–H and O–H groups in total. The smallest absolute Gasteiger partial charge is 0.319 e. The average Bonchev–Trinajstić information content (AvgIpc) is 3.11. The lowest BCUT2D eigenvalue weighted by Gasteiger charge is -2.24. The number of amides is 2. The standard InChI is InChI=1S/C20H24FN3O/c1-15(17-5-3-2-4-6-17)24-12-11-16(14-24)13-22-20(25)23-19-9-7-18(21)8-10-19/h2-10,15-16H,11-14H2,1H3,(H2,22,23,25). The zero-order valence-corrected chi connectivity index (χ0v) is 14.4. The average molecular weight is 341 g/mol. The number of carbonyl (C=O) groups excluding carboxylic acids is 1. The molecule has 0 bridgehead atoms. The maximum Gasteiger partial charge on any atom is 0.319 e. The number of benzene rings is 2. The van der Waals surface area contributed by atoms with Crippen molar-refractivity contribution in [3.8, 4) is 0 Å². The maximum atomic E-state index is 12.9. The van der Waals surface area contributed by atoms with Crippen LogP contribution in [0.5, 0.6) is 0 Å². The molecule has 3 rings (SSSR count). The summed E-state index contributed by atoms with van der Waals surface area (Å²) in [7, 11) is 0. The van der Waals surface area contributed by atoms with E-state index in [1.54, 1.807) is 12.1 Å². The van der Waals surface area contributed by atoms with Gasteiger partial charge in [0.1, 0.15) is 5.82 Å². The zero-order chi connectivity index (χ0) is 17.6. The third kappa shape index (κ3) is 4.79. The highest BCUT2D eigenvalue weighted by Crippen LogP contribution is 2.26. The molecule has 2 amide bonds. The van der Waals surface area contributed by atoms with Crippen molar-refractivity contribution >= 4 is 11.7 Å². The minimum absolute atomic E-state index is 0.249. The van der Waals surface area contributed by atoms with Gasteiger partial charge in [0.25, 0.3) is 0 Å². The number of likely N-dealkylation sites (tertiary alicyclic amines) is 1. The quantitative estimate of drug-likeness (QED) is 0.862. The summed E-state index contributed by atoms with van der Waals surface area (Å²) in [5, 5.41) is 5.64. The molecule has 2 atom stereocenters. The number of halogens is 1. The minimum atomic E-state index is -0.315. The van der Waals surface area contributed by atoms with Crippen LogP contribution in [0.25, 0.3) is 0 Å². The van der Waals surface area contributed by atoms with E-state index >= 15 is 0 Å². The van der Waals surface area contributed by atoms with Crippen molar-refractivity contribution in [2.75, 3.05) is 25.0 Å². The van der Waals surface area contributed by atoms with E-state index < -0.39 is 0 Å². The predicted octanol–water partition coefficient (Wildman–Crippen LogP) is 4.03. The molecule has 1 saturated heterocycles. The number of carbonyl (C=O) groups is 1. The number of urea groups is 1. The molecule has 1 aliphatic rings. The van der Waals surface area contributed by atoms with Crippen LogP contribution in [0, 0.1) is 11.7 Å². The highest BCUT2D eigenvalue weighted by atomic mass is 19.1. The van der Waals surface area contributed by atoms with Gasteiger partial charge in [-0.05, 0) is 55.6 Å². The molecule has 1 aliphatic heterocycles. The molecule has 25 heavy (non-hydrogen) atoms. The number of nitrogens with zero attached hydrogens (tertiary/aromatic N) is 1. The molecule has 0 aliphatic carbocycles. The Labute approximate surface area is 148 Å². The second-order valence-electron chi connectivity index (χ2n) is 6.58. The molecule has 2 aromatic rings. The van der Waals surface area contributed by atoms with E-state index in [0.717, 1.165) is 19.5 Å². The van der Waals surface area contributed by atoms with Gasteiger partial charge in [-0.3, -0.25) is 4.90 Å². The third-order valence-corrected chi connectivity index (χ3v) is 4.80. The van der Waals surface area contributed by atoms with E-state index in [9.17, 15) is 9.18 Å². The van der Waals surface area contributed by atoms with Crippen LogP contribution in [0.3, 0.4) is 0 Å². The van der Waals surface area contributed by atoms with Crippen molar-refractivity contribution in [2.45, 2.75) is 19.4 Å². The molecule has 0 spiro atoms. The van der Waals surface area contributed by atoms with Crippen molar-refractivity contribution in [3.63, 3.8) is 0 Å². The largest absolute Gasteiger partial charge is 0.338 e. The van der Waals surface area contributed by atoms with E-state index in [1.807, 2.05) is 6.07 Å². The van der Waals surface area contributed by atoms with Gasteiger partial charge < -0.3 is 10.6 Å². The Balaban J connectivity index is 1.44. The highest BCUT2D eigenvalue weighted by molar-refractivity contribution is 5.89. The zero-order valence-electron chi connectivity index (χ0n) is 14.4. The van der Waals surface area contributed by atoms with Gasteiger partial charge in [-0.25, -0.2) is 9.18 Å². The molecule has 5 heteroatoms. The summed E-state index contributed by atoms with van der Waals surface area (Å²) in [6.45, 7) is 4.90. The van der Waals surface area contributed by atoms with Gasteiger partial charge in [0, 0.05) is 24.8 Å². The fourth-order valence-corrected chi connectivity index (χ4v) is 3.27. The number of hydrogen-bond acceptors (Lipinski definition) is 2. The van der Waals surface area contributed by atoms with Crippen molar-refractivity contribution in [3.05, 3.63) is 66.0 Å². The number of rotatable bonds is 5. The summed E-state index contributed by atoms with van der Waals surface area (Å²) in [6, 6.07) is 16.4. The second kappa shape index (κ2) is 8.12. The minimum Gasteiger partial charge on any atom is -0.338 e. The first kappa shape index (κ1) is 17.4. The molecule has 132 valence electrons. The third-order valence-electron chi connectivity index (χ3n) is 4.80. The first-order valence-electron chi connectivity index (χ1n) is 8.71. The highest BCUT2D eigenvalue weighted by Gasteiger charge is 2.26. The second-order valence-corrected chi connectivity index (χ2v) is 6.58. The Hall–Kier alpha value is -2.40. The van der Waals surface area contributed by atoms with E-state index in [4.69, 9.17) is 0 Å².